The normalized spacial score (nSPS) is 24.5. The summed E-state index contributed by atoms with van der Waals surface area (Å²) < 4.78 is 43.9. The maximum absolute atomic E-state index is 13.8. The van der Waals surface area contributed by atoms with Crippen LogP contribution < -0.4 is 0 Å². The number of hydrogen-bond acceptors (Lipinski definition) is 10. The molecule has 0 aromatic heterocycles. The van der Waals surface area contributed by atoms with Crippen LogP contribution in [-0.2, 0) is 37.6 Å². The van der Waals surface area contributed by atoms with Crippen molar-refractivity contribution in [3.8, 4) is 0 Å². The highest BCUT2D eigenvalue weighted by Gasteiger charge is 2.52. The SMILES string of the molecule is CC1(C)OC[C@H]([C@H](O[Si](C)(C)C(C)(C)C)[C@@H](OC(=O)c2ccccc2)[C@@H](C[C@H]2OC(C)(C)O[C@H]2C=O)OC(=O)c2ccccc2)O1. The first-order valence-electron chi connectivity index (χ1n) is 15.7. The van der Waals surface area contributed by atoms with Gasteiger partial charge in [0.05, 0.1) is 23.8 Å². The van der Waals surface area contributed by atoms with Gasteiger partial charge < -0.3 is 37.6 Å². The van der Waals surface area contributed by atoms with Crippen molar-refractivity contribution in [2.24, 2.45) is 0 Å². The largest absolute Gasteiger partial charge is 0.455 e. The number of esters is 2. The Balaban J connectivity index is 1.84. The number of benzene rings is 2. The minimum atomic E-state index is -2.59. The van der Waals surface area contributed by atoms with Crippen LogP contribution in [0.15, 0.2) is 60.7 Å². The molecule has 46 heavy (non-hydrogen) atoms. The van der Waals surface area contributed by atoms with E-state index in [2.05, 4.69) is 33.9 Å². The number of hydrogen-bond donors (Lipinski definition) is 0. The Labute approximate surface area is 273 Å². The molecule has 2 aliphatic heterocycles. The van der Waals surface area contributed by atoms with Gasteiger partial charge in [0, 0.05) is 6.42 Å². The lowest BCUT2D eigenvalue weighted by atomic mass is 9.96. The lowest BCUT2D eigenvalue weighted by Gasteiger charge is -2.44. The van der Waals surface area contributed by atoms with Crippen molar-refractivity contribution < 1.29 is 47.2 Å². The molecule has 2 fully saturated rings. The predicted molar refractivity (Wildman–Crippen MR) is 173 cm³/mol. The van der Waals surface area contributed by atoms with Gasteiger partial charge >= 0.3 is 11.9 Å². The van der Waals surface area contributed by atoms with Gasteiger partial charge in [0.2, 0.25) is 0 Å². The topological polar surface area (TPSA) is 116 Å². The van der Waals surface area contributed by atoms with Crippen LogP contribution in [0.5, 0.6) is 0 Å². The summed E-state index contributed by atoms with van der Waals surface area (Å²) >= 11 is 0. The van der Waals surface area contributed by atoms with Crippen LogP contribution >= 0.6 is 0 Å². The molecule has 0 unspecified atom stereocenters. The zero-order valence-corrected chi connectivity index (χ0v) is 29.3. The Morgan fingerprint density at radius 1 is 0.870 bits per heavy atom. The highest BCUT2D eigenvalue weighted by Crippen LogP contribution is 2.41. The molecule has 0 saturated carbocycles. The van der Waals surface area contributed by atoms with Crippen LogP contribution in [0.3, 0.4) is 0 Å². The smallest absolute Gasteiger partial charge is 0.338 e. The van der Waals surface area contributed by atoms with Gasteiger partial charge in [0.25, 0.3) is 0 Å². The van der Waals surface area contributed by atoms with Crippen molar-refractivity contribution >= 4 is 26.5 Å². The molecule has 0 N–H and O–H groups in total. The molecule has 0 bridgehead atoms. The number of aldehydes is 1. The molecule has 2 aromatic rings. The van der Waals surface area contributed by atoms with E-state index in [0.717, 1.165) is 0 Å². The van der Waals surface area contributed by atoms with E-state index in [1.807, 2.05) is 0 Å². The highest BCUT2D eigenvalue weighted by molar-refractivity contribution is 6.74. The van der Waals surface area contributed by atoms with Gasteiger partial charge in [-0.2, -0.15) is 0 Å². The lowest BCUT2D eigenvalue weighted by Crippen LogP contribution is -2.57. The van der Waals surface area contributed by atoms with E-state index in [1.165, 1.54) is 0 Å². The average molecular weight is 657 g/mol. The molecule has 6 atom stereocenters. The van der Waals surface area contributed by atoms with Gasteiger partial charge in [-0.05, 0) is 70.1 Å². The van der Waals surface area contributed by atoms with Crippen LogP contribution in [0.1, 0.15) is 75.6 Å². The lowest BCUT2D eigenvalue weighted by molar-refractivity contribution is -0.171. The average Bonchev–Trinajstić information content (AvgIpc) is 3.51. The zero-order chi connectivity index (χ0) is 33.9. The molecule has 2 aliphatic rings. The van der Waals surface area contributed by atoms with Crippen molar-refractivity contribution in [3.05, 3.63) is 71.8 Å². The molecule has 4 rings (SSSR count). The quantitative estimate of drug-likeness (QED) is 0.151. The third kappa shape index (κ3) is 8.90. The van der Waals surface area contributed by atoms with Gasteiger partial charge in [-0.3, -0.25) is 0 Å². The monoisotopic (exact) mass is 656 g/mol. The molecular weight excluding hydrogens is 608 g/mol. The summed E-state index contributed by atoms with van der Waals surface area (Å²) in [5.41, 5.74) is 0.614. The first-order chi connectivity index (χ1) is 21.4. The zero-order valence-electron chi connectivity index (χ0n) is 28.3. The van der Waals surface area contributed by atoms with E-state index in [4.69, 9.17) is 32.8 Å². The summed E-state index contributed by atoms with van der Waals surface area (Å²) in [5, 5.41) is -0.237. The van der Waals surface area contributed by atoms with Crippen molar-refractivity contribution in [3.63, 3.8) is 0 Å². The maximum atomic E-state index is 13.8. The fourth-order valence-corrected chi connectivity index (χ4v) is 6.61. The molecule has 0 radical (unpaired) electrons. The third-order valence-electron chi connectivity index (χ3n) is 8.66. The van der Waals surface area contributed by atoms with Crippen LogP contribution in [0.25, 0.3) is 0 Å². The Morgan fingerprint density at radius 2 is 1.41 bits per heavy atom. The Bertz CT molecular complexity index is 1340. The molecule has 0 amide bonds. The number of rotatable bonds is 12. The second kappa shape index (κ2) is 14.0. The molecule has 2 heterocycles. The molecule has 11 heteroatoms. The standard InChI is InChI=1S/C35H48O10Si/c1-33(2,3)46(8,9)45-30(28-22-39-34(4,5)44-28)29(41-32(38)24-18-14-11-15-19-24)26(40-31(37)23-16-12-10-13-17-23)20-25-27(21-36)43-35(6,7)42-25/h10-19,21,25-30H,20,22H2,1-9H3/t25-,26-,27+,28-,29+,30+/m1/s1. The van der Waals surface area contributed by atoms with Crippen molar-refractivity contribution in [1.82, 2.24) is 0 Å². The van der Waals surface area contributed by atoms with Crippen LogP contribution in [0.2, 0.25) is 18.1 Å². The molecule has 2 aromatic carbocycles. The molecule has 10 nitrogen and oxygen atoms in total. The molecule has 2 saturated heterocycles. The second-order valence-corrected chi connectivity index (χ2v) is 19.0. The highest BCUT2D eigenvalue weighted by atomic mass is 28.4. The fraction of sp³-hybridized carbons (Fsp3) is 0.571. The molecule has 0 aliphatic carbocycles. The number of carbonyl (C=O) groups is 3. The minimum Gasteiger partial charge on any atom is -0.455 e. The van der Waals surface area contributed by atoms with E-state index in [1.54, 1.807) is 88.4 Å². The van der Waals surface area contributed by atoms with Gasteiger partial charge in [-0.25, -0.2) is 9.59 Å². The number of carbonyl (C=O) groups excluding carboxylic acids is 3. The molecule has 252 valence electrons. The summed E-state index contributed by atoms with van der Waals surface area (Å²) in [6.07, 6.45) is -5.08. The van der Waals surface area contributed by atoms with Crippen molar-refractivity contribution in [2.75, 3.05) is 6.61 Å². The van der Waals surface area contributed by atoms with Crippen LogP contribution in [0, 0.1) is 0 Å². The minimum absolute atomic E-state index is 0.0352. The van der Waals surface area contributed by atoms with Gasteiger partial charge in [-0.1, -0.05) is 57.2 Å². The predicted octanol–water partition coefficient (Wildman–Crippen LogP) is 6.09. The molecule has 0 spiro atoms. The summed E-state index contributed by atoms with van der Waals surface area (Å²) in [6, 6.07) is 17.1. The molecular formula is C35H48O10Si. The number of ether oxygens (including phenoxy) is 6. The van der Waals surface area contributed by atoms with E-state index >= 15 is 0 Å². The maximum Gasteiger partial charge on any atom is 0.338 e. The fourth-order valence-electron chi connectivity index (χ4n) is 5.29. The Hall–Kier alpha value is -2.93. The second-order valence-electron chi connectivity index (χ2n) is 14.3. The summed E-state index contributed by atoms with van der Waals surface area (Å²) in [7, 11) is -2.59. The van der Waals surface area contributed by atoms with E-state index in [-0.39, 0.29) is 18.1 Å². The summed E-state index contributed by atoms with van der Waals surface area (Å²) in [5.74, 6) is -3.27. The Morgan fingerprint density at radius 3 is 1.89 bits per heavy atom. The van der Waals surface area contributed by atoms with Crippen LogP contribution in [-0.4, -0.2) is 81.3 Å². The summed E-state index contributed by atoms with van der Waals surface area (Å²) in [4.78, 5) is 39.6. The van der Waals surface area contributed by atoms with Gasteiger partial charge in [0.15, 0.2) is 32.3 Å². The van der Waals surface area contributed by atoms with Crippen LogP contribution in [0.4, 0.5) is 0 Å². The van der Waals surface area contributed by atoms with E-state index in [9.17, 15) is 14.4 Å². The van der Waals surface area contributed by atoms with E-state index in [0.29, 0.717) is 17.4 Å². The first kappa shape index (κ1) is 35.9. The van der Waals surface area contributed by atoms with Gasteiger partial charge in [-0.15, -0.1) is 0 Å². The first-order valence-corrected chi connectivity index (χ1v) is 18.6. The van der Waals surface area contributed by atoms with Gasteiger partial charge in [0.1, 0.15) is 24.4 Å². The van der Waals surface area contributed by atoms with Crippen molar-refractivity contribution in [2.45, 2.75) is 121 Å². The van der Waals surface area contributed by atoms with Crippen molar-refractivity contribution in [1.29, 1.82) is 0 Å². The Kier molecular flexibility index (Phi) is 11.0. The summed E-state index contributed by atoms with van der Waals surface area (Å²) in [6.45, 7) is 17.6. The third-order valence-corrected chi connectivity index (χ3v) is 13.1. The van der Waals surface area contributed by atoms with E-state index < -0.39 is 68.5 Å².